The van der Waals surface area contributed by atoms with Gasteiger partial charge in [0.05, 0.1) is 18.2 Å². The van der Waals surface area contributed by atoms with Crippen molar-refractivity contribution < 1.29 is 19.5 Å². The summed E-state index contributed by atoms with van der Waals surface area (Å²) in [5, 5.41) is 9.60. The molecular weight excluding hydrogens is 444 g/mol. The average Bonchev–Trinajstić information content (AvgIpc) is 2.96. The minimum absolute atomic E-state index is 0.317. The van der Waals surface area contributed by atoms with Gasteiger partial charge in [0.2, 0.25) is 5.91 Å². The Labute approximate surface area is 203 Å². The molecule has 2 atom stereocenters. The Balaban J connectivity index is 1.90. The number of aliphatic carboxylic acids is 1. The first kappa shape index (κ1) is 24.0. The van der Waals surface area contributed by atoms with Gasteiger partial charge in [-0.05, 0) is 29.2 Å². The molecule has 0 bridgehead atoms. The number of urea groups is 1. The first-order valence-electron chi connectivity index (χ1n) is 11.4. The van der Waals surface area contributed by atoms with Crippen LogP contribution in [0, 0.1) is 0 Å². The highest BCUT2D eigenvalue weighted by molar-refractivity contribution is 6.03. The van der Waals surface area contributed by atoms with E-state index in [0.717, 1.165) is 21.6 Å². The van der Waals surface area contributed by atoms with Crippen LogP contribution in [0.25, 0.3) is 0 Å². The van der Waals surface area contributed by atoms with Crippen LogP contribution in [0.15, 0.2) is 78.9 Å². The van der Waals surface area contributed by atoms with Crippen molar-refractivity contribution in [3.63, 3.8) is 0 Å². The van der Waals surface area contributed by atoms with Crippen LogP contribution in [0.3, 0.4) is 0 Å². The highest BCUT2D eigenvalue weighted by Gasteiger charge is 2.43. The van der Waals surface area contributed by atoms with Crippen molar-refractivity contribution >= 4 is 23.6 Å². The first-order chi connectivity index (χ1) is 16.9. The molecule has 0 aromatic heterocycles. The number of hydrogen-bond acceptors (Lipinski definition) is 4. The molecule has 0 fully saturated rings. The number of carbonyl (C=O) groups is 3. The summed E-state index contributed by atoms with van der Waals surface area (Å²) in [7, 11) is 0. The fraction of sp³-hybridized carbons (Fsp3) is 0.222. The van der Waals surface area contributed by atoms with Gasteiger partial charge < -0.3 is 21.5 Å². The minimum atomic E-state index is -1.27. The van der Waals surface area contributed by atoms with Crippen molar-refractivity contribution in [1.82, 2.24) is 4.90 Å². The maximum Gasteiger partial charge on any atom is 0.320 e. The van der Waals surface area contributed by atoms with Crippen molar-refractivity contribution in [2.75, 3.05) is 11.4 Å². The number of rotatable bonds is 7. The van der Waals surface area contributed by atoms with Gasteiger partial charge in [-0.25, -0.2) is 4.79 Å². The summed E-state index contributed by atoms with van der Waals surface area (Å²) >= 11 is 0. The quantitative estimate of drug-likeness (QED) is 0.487. The van der Waals surface area contributed by atoms with Crippen molar-refractivity contribution in [2.24, 2.45) is 11.5 Å². The third-order valence-electron chi connectivity index (χ3n) is 6.27. The van der Waals surface area contributed by atoms with Crippen LogP contribution in [-0.2, 0) is 22.6 Å². The number of para-hydroxylation sites is 1. The molecule has 180 valence electrons. The number of amides is 3. The highest BCUT2D eigenvalue weighted by Crippen LogP contribution is 2.40. The van der Waals surface area contributed by atoms with Crippen LogP contribution < -0.4 is 16.4 Å². The number of carbonyl (C=O) groups excluding carboxylic acids is 2. The van der Waals surface area contributed by atoms with Gasteiger partial charge in [-0.1, -0.05) is 72.8 Å². The largest absolute Gasteiger partial charge is 0.481 e. The maximum atomic E-state index is 14.0. The zero-order valence-electron chi connectivity index (χ0n) is 19.2. The second-order valence-electron chi connectivity index (χ2n) is 8.50. The monoisotopic (exact) mass is 472 g/mol. The zero-order valence-corrected chi connectivity index (χ0v) is 19.2. The van der Waals surface area contributed by atoms with Crippen molar-refractivity contribution in [2.45, 2.75) is 31.5 Å². The molecule has 0 saturated carbocycles. The molecule has 0 radical (unpaired) electrons. The summed E-state index contributed by atoms with van der Waals surface area (Å²) in [5.41, 5.74) is 15.5. The molecule has 3 aromatic carbocycles. The Kier molecular flexibility index (Phi) is 7.12. The van der Waals surface area contributed by atoms with E-state index in [2.05, 4.69) is 0 Å². The van der Waals surface area contributed by atoms with Crippen LogP contribution >= 0.6 is 0 Å². The normalized spacial score (nSPS) is 17.6. The summed E-state index contributed by atoms with van der Waals surface area (Å²) in [6.07, 6.45) is -0.00824. The topological polar surface area (TPSA) is 130 Å². The second kappa shape index (κ2) is 10.4. The van der Waals surface area contributed by atoms with E-state index in [1.807, 2.05) is 66.7 Å². The molecule has 1 heterocycles. The molecule has 0 aliphatic carbocycles. The SMILES string of the molecule is NCc1cccc(C2c3ccccc3N(C(N)=O)C(CC(=O)O)C(=O)N2CCc2ccccc2)c1. The van der Waals surface area contributed by atoms with Crippen molar-refractivity contribution in [3.8, 4) is 0 Å². The molecule has 8 heteroatoms. The Morgan fingerprint density at radius 1 is 0.914 bits per heavy atom. The molecule has 35 heavy (non-hydrogen) atoms. The van der Waals surface area contributed by atoms with Gasteiger partial charge in [0, 0.05) is 18.7 Å². The number of primary amides is 1. The molecule has 3 aromatic rings. The lowest BCUT2D eigenvalue weighted by Crippen LogP contribution is -2.52. The average molecular weight is 473 g/mol. The summed E-state index contributed by atoms with van der Waals surface area (Å²) in [5.74, 6) is -1.67. The second-order valence-corrected chi connectivity index (χ2v) is 8.50. The van der Waals surface area contributed by atoms with E-state index in [1.165, 1.54) is 0 Å². The van der Waals surface area contributed by atoms with Gasteiger partial charge in [-0.3, -0.25) is 14.5 Å². The van der Waals surface area contributed by atoms with Crippen LogP contribution in [0.5, 0.6) is 0 Å². The van der Waals surface area contributed by atoms with Crippen molar-refractivity contribution in [3.05, 3.63) is 101 Å². The number of nitrogens with two attached hydrogens (primary N) is 2. The van der Waals surface area contributed by atoms with Crippen LogP contribution in [0.1, 0.15) is 34.7 Å². The smallest absolute Gasteiger partial charge is 0.320 e. The zero-order chi connectivity index (χ0) is 24.9. The Morgan fingerprint density at radius 2 is 1.60 bits per heavy atom. The van der Waals surface area contributed by atoms with Gasteiger partial charge in [0.25, 0.3) is 0 Å². The fourth-order valence-electron chi connectivity index (χ4n) is 4.70. The van der Waals surface area contributed by atoms with E-state index in [0.29, 0.717) is 30.8 Å². The minimum Gasteiger partial charge on any atom is -0.481 e. The molecule has 1 aliphatic heterocycles. The highest BCUT2D eigenvalue weighted by atomic mass is 16.4. The molecule has 3 amide bonds. The Hall–Kier alpha value is -4.17. The van der Waals surface area contributed by atoms with Gasteiger partial charge in [-0.2, -0.15) is 0 Å². The summed E-state index contributed by atoms with van der Waals surface area (Å²) in [6.45, 7) is 0.645. The lowest BCUT2D eigenvalue weighted by molar-refractivity contribution is -0.142. The lowest BCUT2D eigenvalue weighted by Gasteiger charge is -2.33. The number of carboxylic acid groups (broad SMARTS) is 1. The van der Waals surface area contributed by atoms with Gasteiger partial charge in [-0.15, -0.1) is 0 Å². The molecule has 8 nitrogen and oxygen atoms in total. The maximum absolute atomic E-state index is 14.0. The Morgan fingerprint density at radius 3 is 2.29 bits per heavy atom. The van der Waals surface area contributed by atoms with Crippen LogP contribution in [-0.4, -0.2) is 40.5 Å². The van der Waals surface area contributed by atoms with Gasteiger partial charge in [0.1, 0.15) is 6.04 Å². The third-order valence-corrected chi connectivity index (χ3v) is 6.27. The number of carboxylic acids is 1. The number of fused-ring (bicyclic) bond motifs is 1. The first-order valence-corrected chi connectivity index (χ1v) is 11.4. The summed E-state index contributed by atoms with van der Waals surface area (Å²) in [6, 6.07) is 21.8. The molecule has 0 spiro atoms. The van der Waals surface area contributed by atoms with Gasteiger partial charge in [0.15, 0.2) is 0 Å². The molecule has 5 N–H and O–H groups in total. The van der Waals surface area contributed by atoms with E-state index in [1.54, 1.807) is 17.0 Å². The summed E-state index contributed by atoms with van der Waals surface area (Å²) in [4.78, 5) is 41.2. The van der Waals surface area contributed by atoms with E-state index in [4.69, 9.17) is 11.5 Å². The molecule has 1 aliphatic rings. The van der Waals surface area contributed by atoms with E-state index < -0.39 is 36.4 Å². The number of anilines is 1. The van der Waals surface area contributed by atoms with Crippen LogP contribution in [0.4, 0.5) is 10.5 Å². The fourth-order valence-corrected chi connectivity index (χ4v) is 4.70. The molecule has 2 unspecified atom stereocenters. The predicted molar refractivity (Wildman–Crippen MR) is 133 cm³/mol. The molecule has 4 rings (SSSR count). The predicted octanol–water partition coefficient (Wildman–Crippen LogP) is 3.05. The van der Waals surface area contributed by atoms with Crippen LogP contribution in [0.2, 0.25) is 0 Å². The number of nitrogens with zero attached hydrogens (tertiary/aromatic N) is 2. The molecular formula is C27H28N4O4. The van der Waals surface area contributed by atoms with E-state index in [9.17, 15) is 19.5 Å². The number of benzene rings is 3. The lowest BCUT2D eigenvalue weighted by atomic mass is 9.94. The number of hydrogen-bond donors (Lipinski definition) is 3. The third kappa shape index (κ3) is 5.02. The summed E-state index contributed by atoms with van der Waals surface area (Å²) < 4.78 is 0. The van der Waals surface area contributed by atoms with E-state index in [-0.39, 0.29) is 0 Å². The van der Waals surface area contributed by atoms with Gasteiger partial charge >= 0.3 is 12.0 Å². The Bertz CT molecular complexity index is 1230. The molecule has 0 saturated heterocycles. The van der Waals surface area contributed by atoms with Crippen molar-refractivity contribution in [1.29, 1.82) is 0 Å². The van der Waals surface area contributed by atoms with E-state index >= 15 is 0 Å². The standard InChI is InChI=1S/C27H28N4O4/c28-17-19-9-6-10-20(15-19)25-21-11-4-5-12-22(21)31(27(29)35)23(16-24(32)33)26(34)30(25)14-13-18-7-2-1-3-8-18/h1-12,15,23,25H,13-14,16-17,28H2,(H2,29,35)(H,32,33).